The van der Waals surface area contributed by atoms with Gasteiger partial charge in [-0.25, -0.2) is 4.98 Å². The van der Waals surface area contributed by atoms with Crippen LogP contribution in [0.15, 0.2) is 18.2 Å². The second kappa shape index (κ2) is 5.90. The molecule has 2 heterocycles. The summed E-state index contributed by atoms with van der Waals surface area (Å²) in [5.74, 6) is -1.14. The summed E-state index contributed by atoms with van der Waals surface area (Å²) in [6.07, 6.45) is 0.611. The quantitative estimate of drug-likeness (QED) is 0.902. The summed E-state index contributed by atoms with van der Waals surface area (Å²) < 4.78 is 5.08. The van der Waals surface area contributed by atoms with Crippen LogP contribution in [0.3, 0.4) is 0 Å². The summed E-state index contributed by atoms with van der Waals surface area (Å²) in [7, 11) is 1.50. The Kier molecular flexibility index (Phi) is 4.22. The first-order valence-electron chi connectivity index (χ1n) is 6.61. The number of likely N-dealkylation sites (tertiary alicyclic amines) is 1. The number of hydrogen-bond donors (Lipinski definition) is 1. The number of piperidine rings is 1. The lowest BCUT2D eigenvalue weighted by molar-refractivity contribution is -0.152. The van der Waals surface area contributed by atoms with Gasteiger partial charge in [0, 0.05) is 19.0 Å². The molecule has 1 saturated heterocycles. The Labute approximate surface area is 117 Å². The molecule has 108 valence electrons. The minimum Gasteiger partial charge on any atom is -0.481 e. The standard InChI is InChI=1S/C14H18N2O4/c1-3-16-12(17)8-7-9(14(18)19)13(16)10-5-4-6-11(15-10)20-2/h4-6,9,13H,3,7-8H2,1-2H3,(H,18,19). The molecule has 0 aromatic carbocycles. The summed E-state index contributed by atoms with van der Waals surface area (Å²) in [4.78, 5) is 29.4. The highest BCUT2D eigenvalue weighted by Gasteiger charge is 2.40. The molecule has 0 radical (unpaired) electrons. The summed E-state index contributed by atoms with van der Waals surface area (Å²) in [5.41, 5.74) is 0.562. The van der Waals surface area contributed by atoms with Crippen molar-refractivity contribution in [3.63, 3.8) is 0 Å². The predicted molar refractivity (Wildman–Crippen MR) is 71.3 cm³/mol. The smallest absolute Gasteiger partial charge is 0.309 e. The molecule has 1 aromatic rings. The molecule has 0 bridgehead atoms. The maximum Gasteiger partial charge on any atom is 0.309 e. The number of aromatic nitrogens is 1. The number of hydrogen-bond acceptors (Lipinski definition) is 4. The van der Waals surface area contributed by atoms with E-state index in [2.05, 4.69) is 4.98 Å². The van der Waals surface area contributed by atoms with E-state index in [0.717, 1.165) is 0 Å². The SMILES string of the molecule is CCN1C(=O)CCC(C(=O)O)C1c1cccc(OC)n1. The number of carbonyl (C=O) groups is 2. The highest BCUT2D eigenvalue weighted by Crippen LogP contribution is 2.36. The van der Waals surface area contributed by atoms with Crippen molar-refractivity contribution in [3.8, 4) is 5.88 Å². The molecule has 6 heteroatoms. The number of methoxy groups -OCH3 is 1. The van der Waals surface area contributed by atoms with Crippen LogP contribution in [0.2, 0.25) is 0 Å². The Morgan fingerprint density at radius 1 is 1.55 bits per heavy atom. The van der Waals surface area contributed by atoms with E-state index in [1.807, 2.05) is 6.92 Å². The highest BCUT2D eigenvalue weighted by atomic mass is 16.5. The van der Waals surface area contributed by atoms with Gasteiger partial charge in [0.2, 0.25) is 11.8 Å². The minimum atomic E-state index is -0.898. The van der Waals surface area contributed by atoms with Crippen molar-refractivity contribution in [3.05, 3.63) is 23.9 Å². The van der Waals surface area contributed by atoms with Crippen LogP contribution >= 0.6 is 0 Å². The lowest BCUT2D eigenvalue weighted by Gasteiger charge is -2.38. The molecule has 0 saturated carbocycles. The number of aliphatic carboxylic acids is 1. The Bertz CT molecular complexity index is 516. The van der Waals surface area contributed by atoms with E-state index in [-0.39, 0.29) is 12.3 Å². The fourth-order valence-electron chi connectivity index (χ4n) is 2.66. The van der Waals surface area contributed by atoms with Gasteiger partial charge in [0.05, 0.1) is 24.8 Å². The third-order valence-corrected chi connectivity index (χ3v) is 3.62. The number of nitrogens with zero attached hydrogens (tertiary/aromatic N) is 2. The van der Waals surface area contributed by atoms with E-state index in [1.165, 1.54) is 7.11 Å². The molecule has 2 unspecified atom stereocenters. The first kappa shape index (κ1) is 14.3. The van der Waals surface area contributed by atoms with Gasteiger partial charge in [-0.1, -0.05) is 6.07 Å². The molecule has 0 aliphatic carbocycles. The molecular formula is C14H18N2O4. The van der Waals surface area contributed by atoms with Gasteiger partial charge in [-0.15, -0.1) is 0 Å². The van der Waals surface area contributed by atoms with Gasteiger partial charge in [-0.2, -0.15) is 0 Å². The fourth-order valence-corrected chi connectivity index (χ4v) is 2.66. The van der Waals surface area contributed by atoms with Crippen molar-refractivity contribution in [2.24, 2.45) is 5.92 Å². The first-order chi connectivity index (χ1) is 9.58. The molecule has 1 fully saturated rings. The number of carboxylic acids is 1. The number of ether oxygens (including phenoxy) is 1. The molecule has 1 amide bonds. The van der Waals surface area contributed by atoms with Gasteiger partial charge in [-0.05, 0) is 19.4 Å². The first-order valence-corrected chi connectivity index (χ1v) is 6.61. The largest absolute Gasteiger partial charge is 0.481 e. The van der Waals surface area contributed by atoms with Gasteiger partial charge < -0.3 is 14.7 Å². The zero-order valence-corrected chi connectivity index (χ0v) is 11.6. The molecule has 2 atom stereocenters. The molecule has 2 rings (SSSR count). The van der Waals surface area contributed by atoms with Crippen molar-refractivity contribution in [2.45, 2.75) is 25.8 Å². The highest BCUT2D eigenvalue weighted by molar-refractivity contribution is 5.81. The molecule has 1 aliphatic heterocycles. The summed E-state index contributed by atoms with van der Waals surface area (Å²) in [6.45, 7) is 2.31. The topological polar surface area (TPSA) is 79.7 Å². The zero-order chi connectivity index (χ0) is 14.7. The normalized spacial score (nSPS) is 22.7. The maximum absolute atomic E-state index is 12.0. The van der Waals surface area contributed by atoms with E-state index < -0.39 is 17.9 Å². The number of carbonyl (C=O) groups excluding carboxylic acids is 1. The summed E-state index contributed by atoms with van der Waals surface area (Å²) >= 11 is 0. The van der Waals surface area contributed by atoms with Gasteiger partial charge in [-0.3, -0.25) is 9.59 Å². The Morgan fingerprint density at radius 3 is 2.90 bits per heavy atom. The summed E-state index contributed by atoms with van der Waals surface area (Å²) in [6, 6.07) is 4.66. The third kappa shape index (κ3) is 2.59. The van der Waals surface area contributed by atoms with E-state index in [9.17, 15) is 14.7 Å². The van der Waals surface area contributed by atoms with Crippen molar-refractivity contribution in [1.82, 2.24) is 9.88 Å². The Morgan fingerprint density at radius 2 is 2.30 bits per heavy atom. The molecule has 1 aromatic heterocycles. The van der Waals surface area contributed by atoms with E-state index in [4.69, 9.17) is 4.74 Å². The molecule has 1 aliphatic rings. The van der Waals surface area contributed by atoms with E-state index in [0.29, 0.717) is 24.5 Å². The van der Waals surface area contributed by atoms with Gasteiger partial charge in [0.25, 0.3) is 0 Å². The van der Waals surface area contributed by atoms with E-state index in [1.54, 1.807) is 23.1 Å². The second-order valence-corrected chi connectivity index (χ2v) is 4.71. The fraction of sp³-hybridized carbons (Fsp3) is 0.500. The van der Waals surface area contributed by atoms with Crippen LogP contribution in [-0.2, 0) is 9.59 Å². The van der Waals surface area contributed by atoms with Crippen molar-refractivity contribution in [2.75, 3.05) is 13.7 Å². The number of amides is 1. The lowest BCUT2D eigenvalue weighted by Crippen LogP contribution is -2.45. The number of carboxylic acid groups (broad SMARTS) is 1. The van der Waals surface area contributed by atoms with Crippen LogP contribution in [-0.4, -0.2) is 40.5 Å². The molecule has 20 heavy (non-hydrogen) atoms. The van der Waals surface area contributed by atoms with Crippen molar-refractivity contribution in [1.29, 1.82) is 0 Å². The van der Waals surface area contributed by atoms with Gasteiger partial charge >= 0.3 is 5.97 Å². The van der Waals surface area contributed by atoms with Crippen LogP contribution in [0.25, 0.3) is 0 Å². The zero-order valence-electron chi connectivity index (χ0n) is 11.6. The Hall–Kier alpha value is -2.11. The molecule has 1 N–H and O–H groups in total. The van der Waals surface area contributed by atoms with Crippen LogP contribution in [0.4, 0.5) is 0 Å². The maximum atomic E-state index is 12.0. The van der Waals surface area contributed by atoms with Crippen LogP contribution in [0, 0.1) is 5.92 Å². The second-order valence-electron chi connectivity index (χ2n) is 4.71. The Balaban J connectivity index is 2.43. The molecule has 6 nitrogen and oxygen atoms in total. The number of pyridine rings is 1. The third-order valence-electron chi connectivity index (χ3n) is 3.62. The van der Waals surface area contributed by atoms with Crippen molar-refractivity contribution >= 4 is 11.9 Å². The van der Waals surface area contributed by atoms with Gasteiger partial charge in [0.15, 0.2) is 0 Å². The molecular weight excluding hydrogens is 260 g/mol. The van der Waals surface area contributed by atoms with Crippen LogP contribution in [0.1, 0.15) is 31.5 Å². The summed E-state index contributed by atoms with van der Waals surface area (Å²) in [5, 5.41) is 9.40. The molecule has 0 spiro atoms. The van der Waals surface area contributed by atoms with Crippen LogP contribution in [0.5, 0.6) is 5.88 Å². The van der Waals surface area contributed by atoms with E-state index >= 15 is 0 Å². The average molecular weight is 278 g/mol. The average Bonchev–Trinajstić information content (AvgIpc) is 2.46. The van der Waals surface area contributed by atoms with Crippen LogP contribution < -0.4 is 4.74 Å². The predicted octanol–water partition coefficient (Wildman–Crippen LogP) is 1.47. The number of rotatable bonds is 4. The van der Waals surface area contributed by atoms with Gasteiger partial charge in [0.1, 0.15) is 0 Å². The lowest BCUT2D eigenvalue weighted by atomic mass is 9.86. The minimum absolute atomic E-state index is 0.0281. The van der Waals surface area contributed by atoms with Crippen molar-refractivity contribution < 1.29 is 19.4 Å². The monoisotopic (exact) mass is 278 g/mol.